The number of hydrogen-bond donors (Lipinski definition) is 0. The Hall–Kier alpha value is -2.10. The van der Waals surface area contributed by atoms with E-state index in [0.717, 1.165) is 0 Å². The summed E-state index contributed by atoms with van der Waals surface area (Å²) in [5.41, 5.74) is 0. The zero-order valence-electron chi connectivity index (χ0n) is 9.21. The van der Waals surface area contributed by atoms with Crippen molar-refractivity contribution in [1.82, 2.24) is 4.73 Å². The molecule has 0 N–H and O–H groups in total. The van der Waals surface area contributed by atoms with Gasteiger partial charge in [0.15, 0.2) is 5.75 Å². The van der Waals surface area contributed by atoms with Crippen LogP contribution in [0.3, 0.4) is 0 Å². The lowest BCUT2D eigenvalue weighted by Crippen LogP contribution is -2.03. The van der Waals surface area contributed by atoms with Gasteiger partial charge in [-0.15, -0.1) is 0 Å². The molecular formula is C12H13NO3. The maximum atomic E-state index is 5.59. The molecular weight excluding hydrogens is 206 g/mol. The summed E-state index contributed by atoms with van der Waals surface area (Å²) in [4.78, 5) is 5.59. The molecule has 0 bridgehead atoms. The van der Waals surface area contributed by atoms with Gasteiger partial charge in [-0.25, -0.2) is 0 Å². The van der Waals surface area contributed by atoms with Gasteiger partial charge >= 0.3 is 0 Å². The quantitative estimate of drug-likeness (QED) is 0.791. The average molecular weight is 219 g/mol. The topological polar surface area (TPSA) is 32.6 Å². The van der Waals surface area contributed by atoms with E-state index >= 15 is 0 Å². The maximum absolute atomic E-state index is 5.59. The van der Waals surface area contributed by atoms with E-state index in [1.807, 2.05) is 30.3 Å². The van der Waals surface area contributed by atoms with E-state index in [2.05, 4.69) is 0 Å². The van der Waals surface area contributed by atoms with E-state index < -0.39 is 0 Å². The highest BCUT2D eigenvalue weighted by molar-refractivity contribution is 5.50. The normalized spacial score (nSPS) is 9.88. The Morgan fingerprint density at radius 1 is 0.875 bits per heavy atom. The third-order valence-corrected chi connectivity index (χ3v) is 2.15. The number of benzene rings is 1. The van der Waals surface area contributed by atoms with Gasteiger partial charge in [-0.2, -0.15) is 4.73 Å². The van der Waals surface area contributed by atoms with E-state index in [9.17, 15) is 0 Å². The van der Waals surface area contributed by atoms with Gasteiger partial charge in [0, 0.05) is 12.4 Å². The smallest absolute Gasteiger partial charge is 0.206 e. The fourth-order valence-electron chi connectivity index (χ4n) is 1.42. The van der Waals surface area contributed by atoms with Crippen molar-refractivity contribution >= 4 is 0 Å². The van der Waals surface area contributed by atoms with Crippen molar-refractivity contribution in [3.8, 4) is 17.2 Å². The molecule has 0 amide bonds. The number of nitrogens with zero attached hydrogens (tertiary/aromatic N) is 1. The molecule has 16 heavy (non-hydrogen) atoms. The lowest BCUT2D eigenvalue weighted by atomic mass is 10.3. The molecule has 0 fully saturated rings. The first-order valence-corrected chi connectivity index (χ1v) is 4.87. The third kappa shape index (κ3) is 1.95. The van der Waals surface area contributed by atoms with Gasteiger partial charge in [0.05, 0.1) is 14.2 Å². The minimum atomic E-state index is 0.582. The Balaban J connectivity index is 2.33. The summed E-state index contributed by atoms with van der Waals surface area (Å²) in [5.74, 6) is 1.84. The fourth-order valence-corrected chi connectivity index (χ4v) is 1.42. The molecule has 0 radical (unpaired) electrons. The molecule has 0 unspecified atom stereocenters. The van der Waals surface area contributed by atoms with E-state index in [1.54, 1.807) is 31.3 Å². The number of ether oxygens (including phenoxy) is 2. The Morgan fingerprint density at radius 2 is 1.56 bits per heavy atom. The van der Waals surface area contributed by atoms with Crippen LogP contribution >= 0.6 is 0 Å². The molecule has 0 saturated carbocycles. The van der Waals surface area contributed by atoms with E-state index in [4.69, 9.17) is 14.3 Å². The van der Waals surface area contributed by atoms with Crippen LogP contribution in [0.15, 0.2) is 42.7 Å². The SMILES string of the molecule is COc1cccc(On2cccc2)c1OC. The number of methoxy groups -OCH3 is 2. The first-order valence-electron chi connectivity index (χ1n) is 4.87. The van der Waals surface area contributed by atoms with Crippen LogP contribution < -0.4 is 14.3 Å². The molecule has 2 aromatic rings. The third-order valence-electron chi connectivity index (χ3n) is 2.15. The van der Waals surface area contributed by atoms with Crippen molar-refractivity contribution in [3.05, 3.63) is 42.7 Å². The van der Waals surface area contributed by atoms with Crippen molar-refractivity contribution in [1.29, 1.82) is 0 Å². The molecule has 0 atom stereocenters. The van der Waals surface area contributed by atoms with Crippen molar-refractivity contribution < 1.29 is 14.3 Å². The molecule has 1 aromatic carbocycles. The molecule has 0 aliphatic heterocycles. The lowest BCUT2D eigenvalue weighted by Gasteiger charge is -2.12. The minimum absolute atomic E-state index is 0.582. The first-order chi connectivity index (χ1) is 7.85. The maximum Gasteiger partial charge on any atom is 0.206 e. The van der Waals surface area contributed by atoms with Gasteiger partial charge in [0.2, 0.25) is 11.5 Å². The molecule has 1 aromatic heterocycles. The summed E-state index contributed by atoms with van der Waals surface area (Å²) in [6.07, 6.45) is 3.61. The fraction of sp³-hybridized carbons (Fsp3) is 0.167. The summed E-state index contributed by atoms with van der Waals surface area (Å²) < 4.78 is 12.0. The summed E-state index contributed by atoms with van der Waals surface area (Å²) in [6, 6.07) is 9.25. The Morgan fingerprint density at radius 3 is 2.19 bits per heavy atom. The second-order valence-corrected chi connectivity index (χ2v) is 3.13. The van der Waals surface area contributed by atoms with Gasteiger partial charge in [0.1, 0.15) is 0 Å². The van der Waals surface area contributed by atoms with Crippen LogP contribution in [0, 0.1) is 0 Å². The second-order valence-electron chi connectivity index (χ2n) is 3.13. The highest BCUT2D eigenvalue weighted by Crippen LogP contribution is 2.36. The summed E-state index contributed by atoms with van der Waals surface area (Å²) in [6.45, 7) is 0. The predicted molar refractivity (Wildman–Crippen MR) is 60.0 cm³/mol. The highest BCUT2D eigenvalue weighted by atomic mass is 16.7. The molecule has 4 nitrogen and oxygen atoms in total. The molecule has 1 heterocycles. The van der Waals surface area contributed by atoms with Gasteiger partial charge in [-0.05, 0) is 24.3 Å². The summed E-state index contributed by atoms with van der Waals surface area (Å²) in [7, 11) is 3.18. The van der Waals surface area contributed by atoms with E-state index in [0.29, 0.717) is 17.2 Å². The summed E-state index contributed by atoms with van der Waals surface area (Å²) in [5, 5.41) is 0. The Labute approximate surface area is 93.9 Å². The zero-order valence-corrected chi connectivity index (χ0v) is 9.21. The van der Waals surface area contributed by atoms with Crippen LogP contribution in [0.25, 0.3) is 0 Å². The van der Waals surface area contributed by atoms with Gasteiger partial charge in [-0.1, -0.05) is 6.07 Å². The Kier molecular flexibility index (Phi) is 3.00. The van der Waals surface area contributed by atoms with Crippen LogP contribution in [0.5, 0.6) is 17.2 Å². The van der Waals surface area contributed by atoms with Crippen LogP contribution in [-0.2, 0) is 0 Å². The molecule has 0 spiro atoms. The van der Waals surface area contributed by atoms with E-state index in [-0.39, 0.29) is 0 Å². The number of para-hydroxylation sites is 1. The van der Waals surface area contributed by atoms with Gasteiger partial charge in [-0.3, -0.25) is 0 Å². The monoisotopic (exact) mass is 219 g/mol. The van der Waals surface area contributed by atoms with Crippen molar-refractivity contribution in [2.24, 2.45) is 0 Å². The standard InChI is InChI=1S/C12H13NO3/c1-14-10-6-5-7-11(12(10)15-2)16-13-8-3-4-9-13/h3-9H,1-2H3. The number of hydrogen-bond acceptors (Lipinski definition) is 3. The molecule has 0 aliphatic rings. The van der Waals surface area contributed by atoms with Crippen LogP contribution in [0.4, 0.5) is 0 Å². The largest absolute Gasteiger partial charge is 0.493 e. The van der Waals surface area contributed by atoms with Gasteiger partial charge in [0.25, 0.3) is 0 Å². The predicted octanol–water partition coefficient (Wildman–Crippen LogP) is 2.35. The highest BCUT2D eigenvalue weighted by Gasteiger charge is 2.11. The van der Waals surface area contributed by atoms with Crippen LogP contribution in [0.2, 0.25) is 0 Å². The first kappa shape index (κ1) is 10.4. The van der Waals surface area contributed by atoms with Crippen LogP contribution in [-0.4, -0.2) is 19.0 Å². The molecule has 4 heteroatoms. The molecule has 84 valence electrons. The van der Waals surface area contributed by atoms with Gasteiger partial charge < -0.3 is 14.3 Å². The zero-order chi connectivity index (χ0) is 11.4. The van der Waals surface area contributed by atoms with Crippen molar-refractivity contribution in [2.75, 3.05) is 14.2 Å². The summed E-state index contributed by atoms with van der Waals surface area (Å²) >= 11 is 0. The minimum Gasteiger partial charge on any atom is -0.493 e. The lowest BCUT2D eigenvalue weighted by molar-refractivity contribution is 0.203. The Bertz CT molecular complexity index is 451. The van der Waals surface area contributed by atoms with Crippen LogP contribution in [0.1, 0.15) is 0 Å². The number of rotatable bonds is 4. The molecule has 0 aliphatic carbocycles. The molecule has 0 saturated heterocycles. The molecule has 2 rings (SSSR count). The second kappa shape index (κ2) is 4.61. The van der Waals surface area contributed by atoms with E-state index in [1.165, 1.54) is 0 Å². The van der Waals surface area contributed by atoms with Crippen molar-refractivity contribution in [3.63, 3.8) is 0 Å². The number of aromatic nitrogens is 1. The van der Waals surface area contributed by atoms with Crippen molar-refractivity contribution in [2.45, 2.75) is 0 Å². The average Bonchev–Trinajstić information content (AvgIpc) is 2.81.